The van der Waals surface area contributed by atoms with Crippen molar-refractivity contribution in [2.24, 2.45) is 0 Å². The van der Waals surface area contributed by atoms with Crippen molar-refractivity contribution in [2.75, 3.05) is 5.73 Å². The summed E-state index contributed by atoms with van der Waals surface area (Å²) in [4.78, 5) is 20.6. The molecule has 7 nitrogen and oxygen atoms in total. The number of nitrogens with zero attached hydrogens (tertiary/aromatic N) is 3. The number of rotatable bonds is 0. The second kappa shape index (κ2) is 3.05. The lowest BCUT2D eigenvalue weighted by atomic mass is 10.5. The maximum Gasteiger partial charge on any atom is 0.282 e. The third kappa shape index (κ3) is 1.35. The molecule has 2 rings (SSSR count). The molecule has 0 fully saturated rings. The molecular formula is C5H6BrN5O2. The largest absolute Gasteiger partial charge is 0.427 e. The van der Waals surface area contributed by atoms with E-state index in [2.05, 4.69) is 15.0 Å². The molecule has 0 saturated heterocycles. The van der Waals surface area contributed by atoms with Crippen LogP contribution in [0.2, 0.25) is 0 Å². The highest BCUT2D eigenvalue weighted by Crippen LogP contribution is 2.02. The molecule has 2 aromatic rings. The molecule has 0 aliphatic heterocycles. The zero-order chi connectivity index (χ0) is 8.72. The first-order valence-electron chi connectivity index (χ1n) is 3.10. The number of nitrogen functional groups attached to an aromatic ring is 1. The van der Waals surface area contributed by atoms with E-state index in [1.165, 1.54) is 0 Å². The molecule has 4 N–H and O–H groups in total. The predicted molar refractivity (Wildman–Crippen MR) is 50.1 cm³/mol. The van der Waals surface area contributed by atoms with Crippen LogP contribution >= 0.6 is 17.0 Å². The van der Waals surface area contributed by atoms with E-state index in [9.17, 15) is 4.79 Å². The Kier molecular flexibility index (Phi) is 2.24. The van der Waals surface area contributed by atoms with E-state index in [-0.39, 0.29) is 34.1 Å². The Morgan fingerprint density at radius 3 is 3.00 bits per heavy atom. The number of aromatic amines is 1. The van der Waals surface area contributed by atoms with Gasteiger partial charge in [-0.3, -0.25) is 9.78 Å². The molecule has 70 valence electrons. The van der Waals surface area contributed by atoms with Crippen LogP contribution in [0.15, 0.2) is 11.1 Å². The molecule has 8 heteroatoms. The van der Waals surface area contributed by atoms with E-state index in [4.69, 9.17) is 10.9 Å². The van der Waals surface area contributed by atoms with E-state index in [1.807, 2.05) is 0 Å². The minimum Gasteiger partial charge on any atom is -0.427 e. The Hall–Kier alpha value is -1.57. The molecule has 0 bridgehead atoms. The summed E-state index contributed by atoms with van der Waals surface area (Å²) in [5, 5.41) is 9.04. The second-order valence-electron chi connectivity index (χ2n) is 2.21. The first-order valence-corrected chi connectivity index (χ1v) is 3.10. The lowest BCUT2D eigenvalue weighted by Gasteiger charge is -1.92. The number of imidazole rings is 1. The van der Waals surface area contributed by atoms with Crippen LogP contribution in [0.1, 0.15) is 0 Å². The van der Waals surface area contributed by atoms with Crippen molar-refractivity contribution < 1.29 is 5.21 Å². The number of aromatic nitrogens is 4. The van der Waals surface area contributed by atoms with Crippen molar-refractivity contribution in [1.82, 2.24) is 19.7 Å². The molecular weight excluding hydrogens is 242 g/mol. The maximum atomic E-state index is 11.1. The van der Waals surface area contributed by atoms with E-state index in [0.29, 0.717) is 4.73 Å². The number of H-pyrrole nitrogens is 1. The van der Waals surface area contributed by atoms with Gasteiger partial charge in [-0.05, 0) is 0 Å². The zero-order valence-corrected chi connectivity index (χ0v) is 7.97. The van der Waals surface area contributed by atoms with Gasteiger partial charge in [-0.25, -0.2) is 4.98 Å². The smallest absolute Gasteiger partial charge is 0.282 e. The first kappa shape index (κ1) is 9.52. The summed E-state index contributed by atoms with van der Waals surface area (Å²) in [6, 6.07) is 0. The van der Waals surface area contributed by atoms with Crippen LogP contribution in [0.5, 0.6) is 0 Å². The summed E-state index contributed by atoms with van der Waals surface area (Å²) < 4.78 is 0.598. The average molecular weight is 248 g/mol. The van der Waals surface area contributed by atoms with Gasteiger partial charge in [0.1, 0.15) is 6.33 Å². The van der Waals surface area contributed by atoms with Crippen LogP contribution in [0.25, 0.3) is 11.2 Å². The van der Waals surface area contributed by atoms with Crippen molar-refractivity contribution in [3.63, 3.8) is 0 Å². The average Bonchev–Trinajstić information content (AvgIpc) is 2.31. The number of hydrogen-bond donors (Lipinski definition) is 3. The SMILES string of the molecule is Br.Nc1nc2ncn(O)c2c(=O)[nH]1. The van der Waals surface area contributed by atoms with E-state index in [1.54, 1.807) is 0 Å². The predicted octanol–water partition coefficient (Wildman–Crippen LogP) is -0.483. The van der Waals surface area contributed by atoms with Crippen LogP contribution in [0.3, 0.4) is 0 Å². The summed E-state index contributed by atoms with van der Waals surface area (Å²) in [6.45, 7) is 0. The fourth-order valence-electron chi connectivity index (χ4n) is 0.936. The number of fused-ring (bicyclic) bond motifs is 1. The van der Waals surface area contributed by atoms with Gasteiger partial charge in [0.25, 0.3) is 5.56 Å². The highest BCUT2D eigenvalue weighted by Gasteiger charge is 2.07. The highest BCUT2D eigenvalue weighted by molar-refractivity contribution is 8.93. The summed E-state index contributed by atoms with van der Waals surface area (Å²) >= 11 is 0. The van der Waals surface area contributed by atoms with E-state index in [0.717, 1.165) is 6.33 Å². The fourth-order valence-corrected chi connectivity index (χ4v) is 0.936. The molecule has 0 aliphatic rings. The summed E-state index contributed by atoms with van der Waals surface area (Å²) in [7, 11) is 0. The third-order valence-corrected chi connectivity index (χ3v) is 1.41. The number of halogens is 1. The van der Waals surface area contributed by atoms with Gasteiger partial charge in [0, 0.05) is 0 Å². The quantitative estimate of drug-likeness (QED) is 0.545. The van der Waals surface area contributed by atoms with Gasteiger partial charge < -0.3 is 10.9 Å². The molecule has 0 radical (unpaired) electrons. The number of nitrogens with two attached hydrogens (primary N) is 1. The molecule has 0 atom stereocenters. The molecule has 0 aliphatic carbocycles. The van der Waals surface area contributed by atoms with Crippen LogP contribution < -0.4 is 11.3 Å². The summed E-state index contributed by atoms with van der Waals surface area (Å²) in [6.07, 6.45) is 1.08. The van der Waals surface area contributed by atoms with Crippen molar-refractivity contribution >= 4 is 34.1 Å². The number of anilines is 1. The van der Waals surface area contributed by atoms with E-state index >= 15 is 0 Å². The Morgan fingerprint density at radius 2 is 2.31 bits per heavy atom. The van der Waals surface area contributed by atoms with Gasteiger partial charge in [0.15, 0.2) is 11.2 Å². The Bertz CT molecular complexity index is 489. The molecule has 0 unspecified atom stereocenters. The van der Waals surface area contributed by atoms with Crippen LogP contribution in [0.4, 0.5) is 5.95 Å². The zero-order valence-electron chi connectivity index (χ0n) is 6.26. The third-order valence-electron chi connectivity index (χ3n) is 1.41. The minimum absolute atomic E-state index is 0. The standard InChI is InChI=1S/C5H5N5O2.BrH/c6-5-8-3-2(4(11)9-5)10(12)1-7-3;/h1,12H,(H3,6,8,9,11);1H. The highest BCUT2D eigenvalue weighted by atomic mass is 79.9. The monoisotopic (exact) mass is 247 g/mol. The molecule has 2 aromatic heterocycles. The lowest BCUT2D eigenvalue weighted by molar-refractivity contribution is 0.197. The van der Waals surface area contributed by atoms with Gasteiger partial charge in [-0.15, -0.1) is 17.0 Å². The summed E-state index contributed by atoms with van der Waals surface area (Å²) in [5.74, 6) is -0.0220. The minimum atomic E-state index is -0.516. The molecule has 0 aromatic carbocycles. The number of nitrogens with one attached hydrogen (secondary N) is 1. The Balaban J connectivity index is 0.000000845. The molecule has 13 heavy (non-hydrogen) atoms. The second-order valence-corrected chi connectivity index (χ2v) is 2.21. The van der Waals surface area contributed by atoms with Gasteiger partial charge in [-0.1, -0.05) is 0 Å². The lowest BCUT2D eigenvalue weighted by Crippen LogP contribution is -2.13. The topological polar surface area (TPSA) is 110 Å². The normalized spacial score (nSPS) is 9.85. The van der Waals surface area contributed by atoms with Crippen LogP contribution in [-0.4, -0.2) is 24.9 Å². The van der Waals surface area contributed by atoms with Crippen molar-refractivity contribution in [2.45, 2.75) is 0 Å². The van der Waals surface area contributed by atoms with Crippen molar-refractivity contribution in [3.8, 4) is 0 Å². The van der Waals surface area contributed by atoms with Crippen LogP contribution in [0, 0.1) is 0 Å². The van der Waals surface area contributed by atoms with Crippen LogP contribution in [-0.2, 0) is 0 Å². The summed E-state index contributed by atoms with van der Waals surface area (Å²) in [5.41, 5.74) is 4.83. The van der Waals surface area contributed by atoms with Gasteiger partial charge in [0.2, 0.25) is 5.95 Å². The van der Waals surface area contributed by atoms with Crippen molar-refractivity contribution in [3.05, 3.63) is 16.7 Å². The Labute approximate surface area is 82.0 Å². The molecule has 2 heterocycles. The number of hydrogen-bond acceptors (Lipinski definition) is 5. The van der Waals surface area contributed by atoms with Gasteiger partial charge in [0.05, 0.1) is 0 Å². The van der Waals surface area contributed by atoms with Gasteiger partial charge in [-0.2, -0.15) is 9.71 Å². The molecule has 0 saturated carbocycles. The molecule has 0 spiro atoms. The fraction of sp³-hybridized carbons (Fsp3) is 0. The first-order chi connectivity index (χ1) is 5.68. The maximum absolute atomic E-state index is 11.1. The van der Waals surface area contributed by atoms with Crippen molar-refractivity contribution in [1.29, 1.82) is 0 Å². The van der Waals surface area contributed by atoms with E-state index < -0.39 is 5.56 Å². The molecule has 0 amide bonds. The Morgan fingerprint density at radius 1 is 1.62 bits per heavy atom. The van der Waals surface area contributed by atoms with Gasteiger partial charge >= 0.3 is 0 Å².